The summed E-state index contributed by atoms with van der Waals surface area (Å²) in [6, 6.07) is 28.7. The number of hydrogen-bond donors (Lipinski definition) is 0. The molecule has 0 aromatic heterocycles. The zero-order valence-electron chi connectivity index (χ0n) is 18.8. The van der Waals surface area contributed by atoms with Gasteiger partial charge >= 0.3 is 5.97 Å². The molecule has 0 radical (unpaired) electrons. The van der Waals surface area contributed by atoms with E-state index < -0.39 is 17.9 Å². The van der Waals surface area contributed by atoms with Gasteiger partial charge in [0.25, 0.3) is 0 Å². The van der Waals surface area contributed by atoms with Crippen LogP contribution in [0.4, 0.5) is 0 Å². The Morgan fingerprint density at radius 3 is 1.97 bits per heavy atom. The van der Waals surface area contributed by atoms with Crippen LogP contribution in [0.3, 0.4) is 0 Å². The highest BCUT2D eigenvalue weighted by molar-refractivity contribution is 5.91. The molecule has 1 aliphatic rings. The van der Waals surface area contributed by atoms with E-state index in [1.807, 2.05) is 91.0 Å². The van der Waals surface area contributed by atoms with Crippen LogP contribution >= 0.6 is 0 Å². The third-order valence-corrected chi connectivity index (χ3v) is 6.15. The normalized spacial score (nSPS) is 18.2. The number of rotatable bonds is 7. The Hall–Kier alpha value is -3.44. The lowest BCUT2D eigenvalue weighted by Crippen LogP contribution is -2.53. The predicted molar refractivity (Wildman–Crippen MR) is 126 cm³/mol. The minimum Gasteiger partial charge on any atom is -0.467 e. The monoisotopic (exact) mass is 443 g/mol. The third kappa shape index (κ3) is 5.49. The van der Waals surface area contributed by atoms with Gasteiger partial charge in [0.1, 0.15) is 6.04 Å². The van der Waals surface area contributed by atoms with Crippen LogP contribution in [0.1, 0.15) is 35.4 Å². The van der Waals surface area contributed by atoms with E-state index in [9.17, 15) is 9.59 Å². The van der Waals surface area contributed by atoms with Crippen molar-refractivity contribution in [3.05, 3.63) is 108 Å². The fourth-order valence-electron chi connectivity index (χ4n) is 4.43. The van der Waals surface area contributed by atoms with Crippen LogP contribution in [0, 0.1) is 0 Å². The lowest BCUT2D eigenvalue weighted by atomic mass is 9.88. The number of benzene rings is 3. The number of likely N-dealkylation sites (tertiary alicyclic amines) is 1. The molecule has 5 heteroatoms. The van der Waals surface area contributed by atoms with Crippen molar-refractivity contribution in [2.45, 2.75) is 37.5 Å². The molecule has 0 N–H and O–H groups in total. The number of nitrogens with zero attached hydrogens (tertiary/aromatic N) is 1. The van der Waals surface area contributed by atoms with Gasteiger partial charge in [-0.25, -0.2) is 4.79 Å². The number of hydrogen-bond acceptors (Lipinski definition) is 4. The minimum atomic E-state index is -0.674. The van der Waals surface area contributed by atoms with Gasteiger partial charge in [-0.3, -0.25) is 4.79 Å². The summed E-state index contributed by atoms with van der Waals surface area (Å²) in [5, 5.41) is 0. The van der Waals surface area contributed by atoms with Crippen LogP contribution in [-0.4, -0.2) is 42.6 Å². The van der Waals surface area contributed by atoms with Crippen molar-refractivity contribution >= 4 is 11.9 Å². The Morgan fingerprint density at radius 2 is 1.42 bits per heavy atom. The van der Waals surface area contributed by atoms with Gasteiger partial charge in [0.15, 0.2) is 0 Å². The second-order valence-corrected chi connectivity index (χ2v) is 8.27. The topological polar surface area (TPSA) is 55.8 Å². The van der Waals surface area contributed by atoms with Crippen LogP contribution in [0.2, 0.25) is 0 Å². The molecule has 1 heterocycles. The highest BCUT2D eigenvalue weighted by Crippen LogP contribution is 2.31. The van der Waals surface area contributed by atoms with Crippen LogP contribution in [0.25, 0.3) is 0 Å². The van der Waals surface area contributed by atoms with Crippen LogP contribution in [0.5, 0.6) is 0 Å². The van der Waals surface area contributed by atoms with Crippen molar-refractivity contribution in [3.8, 4) is 0 Å². The van der Waals surface area contributed by atoms with Gasteiger partial charge < -0.3 is 14.4 Å². The molecule has 0 saturated carbocycles. The Bertz CT molecular complexity index is 1000. The summed E-state index contributed by atoms with van der Waals surface area (Å²) < 4.78 is 11.2. The second kappa shape index (κ2) is 10.9. The molecular weight excluding hydrogens is 414 g/mol. The second-order valence-electron chi connectivity index (χ2n) is 8.27. The van der Waals surface area contributed by atoms with Crippen molar-refractivity contribution in [1.29, 1.82) is 0 Å². The molecule has 1 saturated heterocycles. The van der Waals surface area contributed by atoms with Gasteiger partial charge in [0.05, 0.1) is 25.7 Å². The van der Waals surface area contributed by atoms with E-state index in [1.54, 1.807) is 4.90 Å². The Morgan fingerprint density at radius 1 is 0.879 bits per heavy atom. The summed E-state index contributed by atoms with van der Waals surface area (Å²) in [5.41, 5.74) is 2.89. The molecule has 3 aromatic rings. The summed E-state index contributed by atoms with van der Waals surface area (Å²) in [6.45, 7) is 0.915. The van der Waals surface area contributed by atoms with Gasteiger partial charge in [0, 0.05) is 13.0 Å². The zero-order chi connectivity index (χ0) is 23.0. The Kier molecular flexibility index (Phi) is 7.53. The molecule has 1 amide bonds. The maximum Gasteiger partial charge on any atom is 0.328 e. The first-order chi connectivity index (χ1) is 16.2. The number of methoxy groups -OCH3 is 1. The number of carbonyl (C=O) groups excluding carboxylic acids is 2. The SMILES string of the molecule is COC(=O)[C@@H]1C[C@H](OCc2ccccc2)CCN1C(=O)C(c1ccccc1)c1ccccc1. The Balaban J connectivity index is 1.55. The van der Waals surface area contributed by atoms with Crippen molar-refractivity contribution in [2.24, 2.45) is 0 Å². The fraction of sp³-hybridized carbons (Fsp3) is 0.286. The molecule has 0 unspecified atom stereocenters. The van der Waals surface area contributed by atoms with Gasteiger partial charge in [-0.1, -0.05) is 91.0 Å². The molecule has 33 heavy (non-hydrogen) atoms. The first-order valence-corrected chi connectivity index (χ1v) is 11.3. The van der Waals surface area contributed by atoms with E-state index in [2.05, 4.69) is 0 Å². The Labute approximate surface area is 194 Å². The number of esters is 1. The lowest BCUT2D eigenvalue weighted by molar-refractivity contribution is -0.158. The summed E-state index contributed by atoms with van der Waals surface area (Å²) in [6.07, 6.45) is 0.967. The zero-order valence-corrected chi connectivity index (χ0v) is 18.8. The van der Waals surface area contributed by atoms with Crippen LogP contribution < -0.4 is 0 Å². The number of amides is 1. The molecule has 5 nitrogen and oxygen atoms in total. The van der Waals surface area contributed by atoms with Gasteiger partial charge in [-0.05, 0) is 23.1 Å². The minimum absolute atomic E-state index is 0.0932. The largest absolute Gasteiger partial charge is 0.467 e. The van der Waals surface area contributed by atoms with Gasteiger partial charge in [-0.2, -0.15) is 0 Å². The molecule has 1 fully saturated rings. The van der Waals surface area contributed by atoms with Crippen molar-refractivity contribution in [1.82, 2.24) is 4.90 Å². The smallest absolute Gasteiger partial charge is 0.328 e. The molecule has 4 rings (SSSR count). The third-order valence-electron chi connectivity index (χ3n) is 6.15. The van der Waals surface area contributed by atoms with Crippen molar-refractivity contribution in [2.75, 3.05) is 13.7 Å². The summed E-state index contributed by atoms with van der Waals surface area (Å²) in [7, 11) is 1.37. The van der Waals surface area contributed by atoms with Gasteiger partial charge in [0.2, 0.25) is 5.91 Å². The average molecular weight is 444 g/mol. The lowest BCUT2D eigenvalue weighted by Gasteiger charge is -2.39. The van der Waals surface area contributed by atoms with Gasteiger partial charge in [-0.15, -0.1) is 0 Å². The summed E-state index contributed by atoms with van der Waals surface area (Å²) >= 11 is 0. The quantitative estimate of drug-likeness (QED) is 0.502. The fourth-order valence-corrected chi connectivity index (χ4v) is 4.43. The van der Waals surface area contributed by atoms with E-state index in [0.29, 0.717) is 26.0 Å². The standard InChI is InChI=1S/C28H29NO4/c1-32-28(31)25-19-24(33-20-21-11-5-2-6-12-21)17-18-29(25)27(30)26(22-13-7-3-8-14-22)23-15-9-4-10-16-23/h2-16,24-26H,17-20H2,1H3/t24-,25+/m1/s1. The van der Waals surface area contributed by atoms with Crippen molar-refractivity contribution < 1.29 is 19.1 Å². The first kappa shape index (κ1) is 22.7. The molecule has 3 aromatic carbocycles. The highest BCUT2D eigenvalue weighted by atomic mass is 16.5. The van der Waals surface area contributed by atoms with Crippen LogP contribution in [-0.2, 0) is 25.7 Å². The summed E-state index contributed by atoms with van der Waals surface area (Å²) in [5.74, 6) is -0.984. The average Bonchev–Trinajstić information content (AvgIpc) is 2.89. The first-order valence-electron chi connectivity index (χ1n) is 11.3. The highest BCUT2D eigenvalue weighted by Gasteiger charge is 2.40. The maximum atomic E-state index is 13.9. The predicted octanol–water partition coefficient (Wildman–Crippen LogP) is 4.57. The molecule has 0 aliphatic carbocycles. The van der Waals surface area contributed by atoms with E-state index >= 15 is 0 Å². The molecule has 2 atom stereocenters. The number of piperidine rings is 1. The molecule has 1 aliphatic heterocycles. The molecular formula is C28H29NO4. The number of ether oxygens (including phenoxy) is 2. The molecule has 170 valence electrons. The van der Waals surface area contributed by atoms with Crippen LogP contribution in [0.15, 0.2) is 91.0 Å². The summed E-state index contributed by atoms with van der Waals surface area (Å²) in [4.78, 5) is 28.3. The van der Waals surface area contributed by atoms with Crippen molar-refractivity contribution in [3.63, 3.8) is 0 Å². The van der Waals surface area contributed by atoms with E-state index in [1.165, 1.54) is 7.11 Å². The molecule has 0 bridgehead atoms. The maximum absolute atomic E-state index is 13.9. The number of carbonyl (C=O) groups is 2. The van der Waals surface area contributed by atoms with E-state index in [4.69, 9.17) is 9.47 Å². The van der Waals surface area contributed by atoms with E-state index in [-0.39, 0.29) is 12.0 Å². The van der Waals surface area contributed by atoms with E-state index in [0.717, 1.165) is 16.7 Å². The molecule has 0 spiro atoms.